The molecule has 0 spiro atoms. The Hall–Kier alpha value is -0.570. The van der Waals surface area contributed by atoms with E-state index in [1.165, 1.54) is 51.4 Å². The highest BCUT2D eigenvalue weighted by atomic mass is 16.5. The van der Waals surface area contributed by atoms with Crippen molar-refractivity contribution in [3.05, 3.63) is 0 Å². The third kappa shape index (κ3) is 8.51. The van der Waals surface area contributed by atoms with Crippen LogP contribution in [0.3, 0.4) is 0 Å². The average molecular weight is 257 g/mol. The Balaban J connectivity index is 3.37. The molecular weight excluding hydrogens is 226 g/mol. The standard InChI is InChI=1S/C15H31NO2/c1-4-5-6-7-8-9-10-11-12-13-15(2,3)14(17)16-18/h18H,4-13H2,1-3H3,(H,16,17). The molecule has 0 fully saturated rings. The van der Waals surface area contributed by atoms with E-state index in [1.807, 2.05) is 13.8 Å². The molecule has 0 aliphatic heterocycles. The lowest BCUT2D eigenvalue weighted by atomic mass is 9.86. The fraction of sp³-hybridized carbons (Fsp3) is 0.933. The molecule has 0 aliphatic carbocycles. The summed E-state index contributed by atoms with van der Waals surface area (Å²) in [5.41, 5.74) is 1.30. The fourth-order valence-corrected chi connectivity index (χ4v) is 2.14. The summed E-state index contributed by atoms with van der Waals surface area (Å²) in [5, 5.41) is 8.61. The van der Waals surface area contributed by atoms with Crippen molar-refractivity contribution >= 4 is 5.91 Å². The largest absolute Gasteiger partial charge is 0.289 e. The fourth-order valence-electron chi connectivity index (χ4n) is 2.14. The second-order valence-electron chi connectivity index (χ2n) is 5.90. The predicted octanol–water partition coefficient (Wildman–Crippen LogP) is 4.44. The normalized spacial score (nSPS) is 11.6. The van der Waals surface area contributed by atoms with Crippen molar-refractivity contribution in [2.24, 2.45) is 5.41 Å². The summed E-state index contributed by atoms with van der Waals surface area (Å²) in [6.45, 7) is 6.00. The van der Waals surface area contributed by atoms with Gasteiger partial charge in [0, 0.05) is 5.41 Å². The molecule has 0 saturated carbocycles. The van der Waals surface area contributed by atoms with Crippen LogP contribution in [0.4, 0.5) is 0 Å². The van der Waals surface area contributed by atoms with Gasteiger partial charge in [-0.15, -0.1) is 0 Å². The number of rotatable bonds is 11. The minimum absolute atomic E-state index is 0.276. The Morgan fingerprint density at radius 3 is 1.83 bits per heavy atom. The minimum Gasteiger partial charge on any atom is -0.289 e. The second-order valence-corrected chi connectivity index (χ2v) is 5.90. The van der Waals surface area contributed by atoms with Gasteiger partial charge in [-0.1, -0.05) is 78.6 Å². The topological polar surface area (TPSA) is 49.3 Å². The summed E-state index contributed by atoms with van der Waals surface area (Å²) in [4.78, 5) is 11.3. The SMILES string of the molecule is CCCCCCCCCCCC(C)(C)C(=O)NO. The summed E-state index contributed by atoms with van der Waals surface area (Å²) in [5.74, 6) is -0.276. The first-order chi connectivity index (χ1) is 8.54. The molecule has 0 aromatic carbocycles. The maximum Gasteiger partial charge on any atom is 0.248 e. The molecule has 0 bridgehead atoms. The first kappa shape index (κ1) is 17.4. The van der Waals surface area contributed by atoms with Crippen LogP contribution in [0.15, 0.2) is 0 Å². The molecule has 0 rings (SSSR count). The van der Waals surface area contributed by atoms with Gasteiger partial charge in [-0.3, -0.25) is 10.0 Å². The molecule has 0 atom stereocenters. The van der Waals surface area contributed by atoms with E-state index in [9.17, 15) is 4.79 Å². The molecule has 0 aromatic rings. The van der Waals surface area contributed by atoms with E-state index in [1.54, 1.807) is 5.48 Å². The van der Waals surface area contributed by atoms with E-state index in [0.717, 1.165) is 12.8 Å². The molecular formula is C15H31NO2. The maximum absolute atomic E-state index is 11.3. The van der Waals surface area contributed by atoms with Gasteiger partial charge in [-0.25, -0.2) is 5.48 Å². The average Bonchev–Trinajstić information content (AvgIpc) is 2.35. The molecule has 0 unspecified atom stereocenters. The van der Waals surface area contributed by atoms with Gasteiger partial charge in [0.2, 0.25) is 5.91 Å². The Bertz CT molecular complexity index is 215. The number of carbonyl (C=O) groups is 1. The lowest BCUT2D eigenvalue weighted by Crippen LogP contribution is -2.34. The third-order valence-corrected chi connectivity index (χ3v) is 3.62. The summed E-state index contributed by atoms with van der Waals surface area (Å²) in [6.07, 6.45) is 12.4. The number of unbranched alkanes of at least 4 members (excludes halogenated alkanes) is 8. The van der Waals surface area contributed by atoms with Gasteiger partial charge < -0.3 is 0 Å². The van der Waals surface area contributed by atoms with Gasteiger partial charge in [0.15, 0.2) is 0 Å². The van der Waals surface area contributed by atoms with Crippen molar-refractivity contribution in [3.8, 4) is 0 Å². The van der Waals surface area contributed by atoms with E-state index in [-0.39, 0.29) is 5.91 Å². The summed E-state index contributed by atoms with van der Waals surface area (Å²) < 4.78 is 0. The van der Waals surface area contributed by atoms with Crippen molar-refractivity contribution in [1.82, 2.24) is 5.48 Å². The predicted molar refractivity (Wildman–Crippen MR) is 75.6 cm³/mol. The Morgan fingerprint density at radius 2 is 1.39 bits per heavy atom. The monoisotopic (exact) mass is 257 g/mol. The first-order valence-electron chi connectivity index (χ1n) is 7.49. The number of hydrogen-bond acceptors (Lipinski definition) is 2. The van der Waals surface area contributed by atoms with Crippen molar-refractivity contribution in [2.75, 3.05) is 0 Å². The first-order valence-corrected chi connectivity index (χ1v) is 7.49. The number of amides is 1. The number of hydrogen-bond donors (Lipinski definition) is 2. The van der Waals surface area contributed by atoms with Crippen molar-refractivity contribution in [1.29, 1.82) is 0 Å². The van der Waals surface area contributed by atoms with Gasteiger partial charge in [0.1, 0.15) is 0 Å². The van der Waals surface area contributed by atoms with Crippen LogP contribution in [0.1, 0.15) is 85.0 Å². The molecule has 18 heavy (non-hydrogen) atoms. The highest BCUT2D eigenvalue weighted by Crippen LogP contribution is 2.24. The molecule has 2 N–H and O–H groups in total. The molecule has 0 radical (unpaired) electrons. The van der Waals surface area contributed by atoms with Crippen molar-refractivity contribution in [3.63, 3.8) is 0 Å². The Morgan fingerprint density at radius 1 is 0.944 bits per heavy atom. The zero-order valence-corrected chi connectivity index (χ0v) is 12.4. The Labute approximate surface area is 112 Å². The van der Waals surface area contributed by atoms with Crippen LogP contribution in [0.5, 0.6) is 0 Å². The number of nitrogens with one attached hydrogen (secondary N) is 1. The van der Waals surface area contributed by atoms with E-state index >= 15 is 0 Å². The van der Waals surface area contributed by atoms with E-state index in [0.29, 0.717) is 0 Å². The van der Waals surface area contributed by atoms with Crippen LogP contribution in [-0.2, 0) is 4.79 Å². The molecule has 0 saturated heterocycles. The van der Waals surface area contributed by atoms with Crippen LogP contribution in [0, 0.1) is 5.41 Å². The van der Waals surface area contributed by atoms with Crippen molar-refractivity contribution in [2.45, 2.75) is 85.0 Å². The Kier molecular flexibility index (Phi) is 10.0. The zero-order valence-electron chi connectivity index (χ0n) is 12.4. The second kappa shape index (κ2) is 10.4. The lowest BCUT2D eigenvalue weighted by Gasteiger charge is -2.21. The summed E-state index contributed by atoms with van der Waals surface area (Å²) >= 11 is 0. The molecule has 0 aromatic heterocycles. The molecule has 0 heterocycles. The quantitative estimate of drug-likeness (QED) is 0.326. The van der Waals surface area contributed by atoms with Gasteiger partial charge in [-0.2, -0.15) is 0 Å². The summed E-state index contributed by atoms with van der Waals surface area (Å²) in [7, 11) is 0. The molecule has 1 amide bonds. The number of hydroxylamine groups is 1. The molecule has 3 nitrogen and oxygen atoms in total. The third-order valence-electron chi connectivity index (χ3n) is 3.62. The number of carbonyl (C=O) groups excluding carboxylic acids is 1. The smallest absolute Gasteiger partial charge is 0.248 e. The highest BCUT2D eigenvalue weighted by Gasteiger charge is 2.26. The lowest BCUT2D eigenvalue weighted by molar-refractivity contribution is -0.138. The van der Waals surface area contributed by atoms with Crippen LogP contribution in [-0.4, -0.2) is 11.1 Å². The van der Waals surface area contributed by atoms with Gasteiger partial charge >= 0.3 is 0 Å². The molecule has 108 valence electrons. The van der Waals surface area contributed by atoms with E-state index in [2.05, 4.69) is 6.92 Å². The van der Waals surface area contributed by atoms with Crippen LogP contribution < -0.4 is 5.48 Å². The maximum atomic E-state index is 11.3. The van der Waals surface area contributed by atoms with E-state index in [4.69, 9.17) is 5.21 Å². The van der Waals surface area contributed by atoms with Crippen LogP contribution >= 0.6 is 0 Å². The summed E-state index contributed by atoms with van der Waals surface area (Å²) in [6, 6.07) is 0. The van der Waals surface area contributed by atoms with Crippen molar-refractivity contribution < 1.29 is 10.0 Å². The minimum atomic E-state index is -0.449. The molecule has 3 heteroatoms. The highest BCUT2D eigenvalue weighted by molar-refractivity contribution is 5.80. The molecule has 0 aliphatic rings. The van der Waals surface area contributed by atoms with E-state index < -0.39 is 5.41 Å². The van der Waals surface area contributed by atoms with Gasteiger partial charge in [-0.05, 0) is 6.42 Å². The van der Waals surface area contributed by atoms with Gasteiger partial charge in [0.25, 0.3) is 0 Å². The van der Waals surface area contributed by atoms with Crippen LogP contribution in [0.25, 0.3) is 0 Å². The zero-order chi connectivity index (χ0) is 13.9. The van der Waals surface area contributed by atoms with Gasteiger partial charge in [0.05, 0.1) is 0 Å². The van der Waals surface area contributed by atoms with Crippen LogP contribution in [0.2, 0.25) is 0 Å².